The van der Waals surface area contributed by atoms with Crippen molar-refractivity contribution in [3.63, 3.8) is 0 Å². The average molecular weight is 304 g/mol. The molecule has 0 radical (unpaired) electrons. The topological polar surface area (TPSA) is 0 Å². The molecule has 0 atom stereocenters. The quantitative estimate of drug-likeness (QED) is 0.386. The van der Waals surface area contributed by atoms with Crippen LogP contribution in [0.5, 0.6) is 0 Å². The Kier molecular flexibility index (Phi) is 5.00. The number of hydrogen-bond acceptors (Lipinski definition) is 0. The minimum atomic E-state index is 0.0809. The summed E-state index contributed by atoms with van der Waals surface area (Å²) in [7, 11) is 0. The van der Waals surface area contributed by atoms with Crippen LogP contribution in [0.1, 0.15) is 63.5 Å². The van der Waals surface area contributed by atoms with Gasteiger partial charge in [-0.15, -0.1) is 0 Å². The van der Waals surface area contributed by atoms with Gasteiger partial charge < -0.3 is 0 Å². The molecular weight excluding hydrogens is 276 g/mol. The molecule has 120 valence electrons. The van der Waals surface area contributed by atoms with Crippen LogP contribution >= 0.6 is 0 Å². The number of unbranched alkanes of at least 4 members (excludes halogenated alkanes) is 3. The minimum absolute atomic E-state index is 0.0809. The van der Waals surface area contributed by atoms with Gasteiger partial charge >= 0.3 is 0 Å². The third-order valence-electron chi connectivity index (χ3n) is 5.14. The van der Waals surface area contributed by atoms with Crippen LogP contribution in [-0.4, -0.2) is 0 Å². The lowest BCUT2D eigenvalue weighted by Gasteiger charge is -2.29. The van der Waals surface area contributed by atoms with Gasteiger partial charge in [-0.2, -0.15) is 0 Å². The maximum Gasteiger partial charge on any atom is 0.0394 e. The maximum atomic E-state index is 2.51. The number of benzene rings is 2. The van der Waals surface area contributed by atoms with Crippen molar-refractivity contribution < 1.29 is 0 Å². The van der Waals surface area contributed by atoms with Gasteiger partial charge in [0.2, 0.25) is 0 Å². The van der Waals surface area contributed by atoms with Crippen molar-refractivity contribution in [3.8, 4) is 11.1 Å². The van der Waals surface area contributed by atoms with Crippen molar-refractivity contribution in [1.29, 1.82) is 0 Å². The molecule has 0 heterocycles. The summed E-state index contributed by atoms with van der Waals surface area (Å²) in [4.78, 5) is 0. The highest BCUT2D eigenvalue weighted by Crippen LogP contribution is 2.52. The van der Waals surface area contributed by atoms with E-state index < -0.39 is 0 Å². The number of fused-ring (bicyclic) bond motifs is 3. The van der Waals surface area contributed by atoms with Crippen LogP contribution in [0.4, 0.5) is 0 Å². The van der Waals surface area contributed by atoms with E-state index in [1.54, 1.807) is 0 Å². The second-order valence-electron chi connectivity index (χ2n) is 6.71. The highest BCUT2D eigenvalue weighted by molar-refractivity contribution is 5.82. The highest BCUT2D eigenvalue weighted by atomic mass is 14.4. The van der Waals surface area contributed by atoms with Crippen LogP contribution < -0.4 is 0 Å². The molecule has 23 heavy (non-hydrogen) atoms. The smallest absolute Gasteiger partial charge is 0.0394 e. The zero-order valence-electron chi connectivity index (χ0n) is 14.5. The van der Waals surface area contributed by atoms with E-state index in [9.17, 15) is 0 Å². The Hall–Kier alpha value is -1.82. The van der Waals surface area contributed by atoms with Gasteiger partial charge in [0.05, 0.1) is 0 Å². The molecule has 0 saturated carbocycles. The molecule has 3 rings (SSSR count). The zero-order valence-corrected chi connectivity index (χ0v) is 14.5. The maximum absolute atomic E-state index is 2.51. The van der Waals surface area contributed by atoms with Gasteiger partial charge in [0, 0.05) is 5.41 Å². The Labute approximate surface area is 141 Å². The normalized spacial score (nSPS) is 14.9. The third-order valence-corrected chi connectivity index (χ3v) is 5.14. The van der Waals surface area contributed by atoms with Crippen molar-refractivity contribution >= 4 is 0 Å². The van der Waals surface area contributed by atoms with Gasteiger partial charge in [0.1, 0.15) is 0 Å². The van der Waals surface area contributed by atoms with Crippen molar-refractivity contribution in [1.82, 2.24) is 0 Å². The predicted octanol–water partition coefficient (Wildman–Crippen LogP) is 6.89. The van der Waals surface area contributed by atoms with E-state index in [1.807, 2.05) is 0 Å². The summed E-state index contributed by atoms with van der Waals surface area (Å²) in [5.41, 5.74) is 5.95. The standard InChI is InChI=1S/C23H28/c1-3-5-11-17-23(18-12-6-4-2)21-15-9-7-13-19(21)20-14-8-10-16-22(20)23/h7-11,13-17H,3-6,12,18H2,1-2H3. The Morgan fingerprint density at radius 1 is 0.783 bits per heavy atom. The molecule has 0 saturated heterocycles. The summed E-state index contributed by atoms with van der Waals surface area (Å²) in [5, 5.41) is 0. The van der Waals surface area contributed by atoms with Crippen molar-refractivity contribution in [2.75, 3.05) is 0 Å². The SMILES string of the molecule is CCCC=CC1(CCCCC)c2ccccc2-c2ccccc21. The predicted molar refractivity (Wildman–Crippen MR) is 101 cm³/mol. The molecule has 0 heteroatoms. The largest absolute Gasteiger partial charge is 0.0873 e. The molecule has 1 aliphatic carbocycles. The fraction of sp³-hybridized carbons (Fsp3) is 0.391. The Morgan fingerprint density at radius 2 is 1.39 bits per heavy atom. The van der Waals surface area contributed by atoms with E-state index >= 15 is 0 Å². The van der Waals surface area contributed by atoms with Gasteiger partial charge in [-0.1, -0.05) is 100 Å². The second kappa shape index (κ2) is 7.17. The Morgan fingerprint density at radius 3 is 1.96 bits per heavy atom. The second-order valence-corrected chi connectivity index (χ2v) is 6.71. The lowest BCUT2D eigenvalue weighted by Crippen LogP contribution is -2.22. The lowest BCUT2D eigenvalue weighted by molar-refractivity contribution is 0.538. The monoisotopic (exact) mass is 304 g/mol. The molecule has 0 nitrogen and oxygen atoms in total. The Bertz CT molecular complexity index is 632. The van der Waals surface area contributed by atoms with E-state index in [0.29, 0.717) is 0 Å². The molecule has 0 unspecified atom stereocenters. The summed E-state index contributed by atoms with van der Waals surface area (Å²) < 4.78 is 0. The number of rotatable bonds is 7. The highest BCUT2D eigenvalue weighted by Gasteiger charge is 2.40. The van der Waals surface area contributed by atoms with Crippen LogP contribution in [0.15, 0.2) is 60.7 Å². The van der Waals surface area contributed by atoms with Crippen LogP contribution in [0, 0.1) is 0 Å². The molecule has 0 aliphatic heterocycles. The Balaban J connectivity index is 2.12. The molecule has 2 aromatic carbocycles. The van der Waals surface area contributed by atoms with Crippen molar-refractivity contribution in [2.24, 2.45) is 0 Å². The molecular formula is C23H28. The number of hydrogen-bond donors (Lipinski definition) is 0. The first kappa shape index (κ1) is 16.1. The molecule has 0 aromatic heterocycles. The molecule has 0 amide bonds. The van der Waals surface area contributed by atoms with Gasteiger partial charge in [-0.25, -0.2) is 0 Å². The zero-order chi connectivity index (χ0) is 16.1. The lowest BCUT2D eigenvalue weighted by atomic mass is 9.74. The third kappa shape index (κ3) is 2.87. The van der Waals surface area contributed by atoms with E-state index in [4.69, 9.17) is 0 Å². The van der Waals surface area contributed by atoms with E-state index in [1.165, 1.54) is 60.8 Å². The van der Waals surface area contributed by atoms with Gasteiger partial charge in [-0.3, -0.25) is 0 Å². The molecule has 0 N–H and O–H groups in total. The first-order valence-corrected chi connectivity index (χ1v) is 9.20. The summed E-state index contributed by atoms with van der Waals surface area (Å²) in [5.74, 6) is 0. The van der Waals surface area contributed by atoms with E-state index in [2.05, 4.69) is 74.5 Å². The van der Waals surface area contributed by atoms with Gasteiger partial charge in [-0.05, 0) is 35.1 Å². The van der Waals surface area contributed by atoms with E-state index in [-0.39, 0.29) is 5.41 Å². The molecule has 1 aliphatic rings. The van der Waals surface area contributed by atoms with Gasteiger partial charge in [0.15, 0.2) is 0 Å². The first-order chi connectivity index (χ1) is 11.3. The fourth-order valence-corrected chi connectivity index (χ4v) is 4.00. The minimum Gasteiger partial charge on any atom is -0.0873 e. The van der Waals surface area contributed by atoms with E-state index in [0.717, 1.165) is 0 Å². The first-order valence-electron chi connectivity index (χ1n) is 9.20. The summed E-state index contributed by atoms with van der Waals surface area (Å²) in [6.07, 6.45) is 12.4. The van der Waals surface area contributed by atoms with Crippen LogP contribution in [-0.2, 0) is 5.41 Å². The molecule has 0 spiro atoms. The molecule has 0 fully saturated rings. The summed E-state index contributed by atoms with van der Waals surface area (Å²) in [6.45, 7) is 4.54. The van der Waals surface area contributed by atoms with Crippen LogP contribution in [0.2, 0.25) is 0 Å². The fourth-order valence-electron chi connectivity index (χ4n) is 4.00. The summed E-state index contributed by atoms with van der Waals surface area (Å²) >= 11 is 0. The van der Waals surface area contributed by atoms with Crippen LogP contribution in [0.25, 0.3) is 11.1 Å². The molecule has 0 bridgehead atoms. The number of allylic oxidation sites excluding steroid dienone is 2. The average Bonchev–Trinajstić information content (AvgIpc) is 2.87. The van der Waals surface area contributed by atoms with Gasteiger partial charge in [0.25, 0.3) is 0 Å². The van der Waals surface area contributed by atoms with Crippen molar-refractivity contribution in [3.05, 3.63) is 71.8 Å². The molecule has 2 aromatic rings. The summed E-state index contributed by atoms with van der Waals surface area (Å²) in [6, 6.07) is 18.0. The van der Waals surface area contributed by atoms with Crippen molar-refractivity contribution in [2.45, 2.75) is 57.8 Å². The van der Waals surface area contributed by atoms with Crippen LogP contribution in [0.3, 0.4) is 0 Å².